The van der Waals surface area contributed by atoms with Crippen LogP contribution in [0.15, 0.2) is 42.6 Å². The van der Waals surface area contributed by atoms with Gasteiger partial charge < -0.3 is 4.57 Å². The number of hydrogen-bond donors (Lipinski definition) is 0. The lowest BCUT2D eigenvalue weighted by Gasteiger charge is -2.21. The molecule has 0 bridgehead atoms. The van der Waals surface area contributed by atoms with E-state index in [1.165, 1.54) is 37.8 Å². The van der Waals surface area contributed by atoms with Crippen molar-refractivity contribution in [2.24, 2.45) is 0 Å². The van der Waals surface area contributed by atoms with Crippen molar-refractivity contribution in [3.05, 3.63) is 54.1 Å². The Morgan fingerprint density at radius 3 is 2.55 bits per heavy atom. The largest absolute Gasteiger partial charge is 0.305 e. The van der Waals surface area contributed by atoms with Crippen molar-refractivity contribution < 1.29 is 0 Å². The molecule has 0 N–H and O–H groups in total. The lowest BCUT2D eigenvalue weighted by Crippen LogP contribution is -2.11. The predicted octanol–water partition coefficient (Wildman–Crippen LogP) is 4.78. The molecule has 0 unspecified atom stereocenters. The van der Waals surface area contributed by atoms with E-state index in [-0.39, 0.29) is 0 Å². The molecule has 1 aliphatic rings. The first kappa shape index (κ1) is 13.5. The summed E-state index contributed by atoms with van der Waals surface area (Å²) < 4.78 is 2.18. The Balaban J connectivity index is 1.91. The SMILES string of the molecule is Cc1cccn1-c1nc(C2CCCCC2)nc2ccccc12. The third-order valence-electron chi connectivity index (χ3n) is 4.75. The summed E-state index contributed by atoms with van der Waals surface area (Å²) in [5.41, 5.74) is 2.26. The van der Waals surface area contributed by atoms with Gasteiger partial charge in [0.2, 0.25) is 0 Å². The highest BCUT2D eigenvalue weighted by Gasteiger charge is 2.20. The summed E-state index contributed by atoms with van der Waals surface area (Å²) in [6.07, 6.45) is 8.50. The number of para-hydroxylation sites is 1. The molecule has 1 fully saturated rings. The Morgan fingerprint density at radius 1 is 0.955 bits per heavy atom. The van der Waals surface area contributed by atoms with E-state index in [1.54, 1.807) is 0 Å². The number of benzene rings is 1. The van der Waals surface area contributed by atoms with Gasteiger partial charge >= 0.3 is 0 Å². The quantitative estimate of drug-likeness (QED) is 0.680. The number of hydrogen-bond acceptors (Lipinski definition) is 2. The summed E-state index contributed by atoms with van der Waals surface area (Å²) >= 11 is 0. The standard InChI is InChI=1S/C19H21N3/c1-14-8-7-13-22(14)19-16-11-5-6-12-17(16)20-18(21-19)15-9-3-2-4-10-15/h5-8,11-13,15H,2-4,9-10H2,1H3. The summed E-state index contributed by atoms with van der Waals surface area (Å²) in [6.45, 7) is 2.12. The lowest BCUT2D eigenvalue weighted by atomic mass is 9.88. The second-order valence-corrected chi connectivity index (χ2v) is 6.28. The zero-order valence-corrected chi connectivity index (χ0v) is 13.0. The number of aromatic nitrogens is 3. The van der Waals surface area contributed by atoms with Crippen molar-refractivity contribution in [2.45, 2.75) is 44.9 Å². The minimum atomic E-state index is 0.521. The molecule has 0 radical (unpaired) electrons. The van der Waals surface area contributed by atoms with Gasteiger partial charge in [0.05, 0.1) is 5.52 Å². The van der Waals surface area contributed by atoms with Crippen molar-refractivity contribution >= 4 is 10.9 Å². The van der Waals surface area contributed by atoms with Gasteiger partial charge in [-0.3, -0.25) is 0 Å². The van der Waals surface area contributed by atoms with Crippen LogP contribution in [0, 0.1) is 6.92 Å². The maximum Gasteiger partial charge on any atom is 0.148 e. The zero-order chi connectivity index (χ0) is 14.9. The highest BCUT2D eigenvalue weighted by atomic mass is 15.1. The summed E-state index contributed by atoms with van der Waals surface area (Å²) in [6, 6.07) is 12.5. The predicted molar refractivity (Wildman–Crippen MR) is 89.4 cm³/mol. The summed E-state index contributed by atoms with van der Waals surface area (Å²) in [5, 5.41) is 1.13. The van der Waals surface area contributed by atoms with Crippen molar-refractivity contribution in [1.29, 1.82) is 0 Å². The van der Waals surface area contributed by atoms with Crippen molar-refractivity contribution in [3.63, 3.8) is 0 Å². The molecule has 0 aliphatic heterocycles. The van der Waals surface area contributed by atoms with E-state index in [0.29, 0.717) is 5.92 Å². The second kappa shape index (κ2) is 5.56. The molecule has 1 saturated carbocycles. The van der Waals surface area contributed by atoms with Crippen LogP contribution in [0.3, 0.4) is 0 Å². The maximum atomic E-state index is 4.98. The van der Waals surface area contributed by atoms with Crippen LogP contribution in [0.1, 0.15) is 49.5 Å². The molecule has 2 aromatic heterocycles. The van der Waals surface area contributed by atoms with Gasteiger partial charge in [0.1, 0.15) is 11.6 Å². The summed E-state index contributed by atoms with van der Waals surface area (Å²) in [7, 11) is 0. The topological polar surface area (TPSA) is 30.7 Å². The monoisotopic (exact) mass is 291 g/mol. The molecule has 3 nitrogen and oxygen atoms in total. The van der Waals surface area contributed by atoms with Crippen LogP contribution in [-0.2, 0) is 0 Å². The zero-order valence-electron chi connectivity index (χ0n) is 13.0. The van der Waals surface area contributed by atoms with E-state index < -0.39 is 0 Å². The third-order valence-corrected chi connectivity index (χ3v) is 4.75. The van der Waals surface area contributed by atoms with Crippen LogP contribution in [0.5, 0.6) is 0 Å². The molecular weight excluding hydrogens is 270 g/mol. The van der Waals surface area contributed by atoms with Crippen LogP contribution in [0.4, 0.5) is 0 Å². The average Bonchev–Trinajstić information content (AvgIpc) is 3.00. The fourth-order valence-corrected chi connectivity index (χ4v) is 3.51. The van der Waals surface area contributed by atoms with Crippen LogP contribution < -0.4 is 0 Å². The van der Waals surface area contributed by atoms with Crippen LogP contribution in [0.25, 0.3) is 16.7 Å². The highest BCUT2D eigenvalue weighted by molar-refractivity contribution is 5.85. The number of rotatable bonds is 2. The second-order valence-electron chi connectivity index (χ2n) is 6.28. The van der Waals surface area contributed by atoms with Crippen LogP contribution in [-0.4, -0.2) is 14.5 Å². The number of fused-ring (bicyclic) bond motifs is 1. The molecule has 3 aromatic rings. The van der Waals surface area contributed by atoms with E-state index in [0.717, 1.165) is 22.5 Å². The number of aryl methyl sites for hydroxylation is 1. The molecule has 0 spiro atoms. The van der Waals surface area contributed by atoms with Gasteiger partial charge in [-0.2, -0.15) is 0 Å². The normalized spacial score (nSPS) is 16.2. The maximum absolute atomic E-state index is 4.98. The fourth-order valence-electron chi connectivity index (χ4n) is 3.51. The smallest absolute Gasteiger partial charge is 0.148 e. The molecule has 1 aromatic carbocycles. The van der Waals surface area contributed by atoms with Gasteiger partial charge in [-0.1, -0.05) is 31.4 Å². The molecule has 1 aliphatic carbocycles. The summed E-state index contributed by atoms with van der Waals surface area (Å²) in [5.74, 6) is 2.57. The van der Waals surface area contributed by atoms with Crippen LogP contribution >= 0.6 is 0 Å². The van der Waals surface area contributed by atoms with Gasteiger partial charge in [-0.15, -0.1) is 0 Å². The van der Waals surface area contributed by atoms with Gasteiger partial charge in [-0.05, 0) is 44.0 Å². The van der Waals surface area contributed by atoms with Gasteiger partial charge in [0.25, 0.3) is 0 Å². The molecule has 0 saturated heterocycles. The Morgan fingerprint density at radius 2 is 1.77 bits per heavy atom. The minimum Gasteiger partial charge on any atom is -0.305 e. The molecular formula is C19H21N3. The first-order valence-electron chi connectivity index (χ1n) is 8.24. The van der Waals surface area contributed by atoms with Gasteiger partial charge in [0.15, 0.2) is 0 Å². The molecule has 0 amide bonds. The molecule has 0 atom stereocenters. The minimum absolute atomic E-state index is 0.521. The van der Waals surface area contributed by atoms with Crippen molar-refractivity contribution in [1.82, 2.24) is 14.5 Å². The average molecular weight is 291 g/mol. The molecule has 22 heavy (non-hydrogen) atoms. The molecule has 2 heterocycles. The fraction of sp³-hybridized carbons (Fsp3) is 0.368. The first-order valence-corrected chi connectivity index (χ1v) is 8.24. The third kappa shape index (κ3) is 2.31. The van der Waals surface area contributed by atoms with Crippen molar-refractivity contribution in [3.8, 4) is 5.82 Å². The molecule has 4 rings (SSSR count). The van der Waals surface area contributed by atoms with E-state index in [9.17, 15) is 0 Å². The van der Waals surface area contributed by atoms with Gasteiger partial charge in [0, 0.05) is 23.2 Å². The van der Waals surface area contributed by atoms with E-state index in [1.807, 2.05) is 0 Å². The molecule has 3 heteroatoms. The van der Waals surface area contributed by atoms with Gasteiger partial charge in [-0.25, -0.2) is 9.97 Å². The van der Waals surface area contributed by atoms with Crippen molar-refractivity contribution in [2.75, 3.05) is 0 Å². The Labute approximate surface area is 131 Å². The Kier molecular flexibility index (Phi) is 3.41. The number of nitrogens with zero attached hydrogens (tertiary/aromatic N) is 3. The van der Waals surface area contributed by atoms with Crippen LogP contribution in [0.2, 0.25) is 0 Å². The first-order chi connectivity index (χ1) is 10.8. The Bertz CT molecular complexity index is 797. The van der Waals surface area contributed by atoms with E-state index in [4.69, 9.17) is 9.97 Å². The summed E-state index contributed by atoms with van der Waals surface area (Å²) in [4.78, 5) is 9.85. The highest BCUT2D eigenvalue weighted by Crippen LogP contribution is 2.32. The van der Waals surface area contributed by atoms with E-state index in [2.05, 4.69) is 54.1 Å². The lowest BCUT2D eigenvalue weighted by molar-refractivity contribution is 0.429. The Hall–Kier alpha value is -2.16. The van der Waals surface area contributed by atoms with E-state index >= 15 is 0 Å². The molecule has 112 valence electrons.